The van der Waals surface area contributed by atoms with Crippen molar-refractivity contribution in [1.82, 2.24) is 4.57 Å². The average molecular weight is 315 g/mol. The Balaban J connectivity index is 2.36. The van der Waals surface area contributed by atoms with Gasteiger partial charge >= 0.3 is 5.97 Å². The SMILES string of the molecule is CCc1cccc2c3c(n(CC)c12)C(CC)(CC(=O)O)OCC3. The topological polar surface area (TPSA) is 51.5 Å². The molecule has 23 heavy (non-hydrogen) atoms. The summed E-state index contributed by atoms with van der Waals surface area (Å²) in [6.07, 6.45) is 2.52. The second kappa shape index (κ2) is 6.00. The van der Waals surface area contributed by atoms with Crippen molar-refractivity contribution in [2.24, 2.45) is 0 Å². The molecule has 0 bridgehead atoms. The van der Waals surface area contributed by atoms with E-state index >= 15 is 0 Å². The number of carbonyl (C=O) groups is 1. The molecule has 0 amide bonds. The van der Waals surface area contributed by atoms with Gasteiger partial charge in [-0.1, -0.05) is 32.0 Å². The third kappa shape index (κ3) is 2.36. The van der Waals surface area contributed by atoms with E-state index in [0.29, 0.717) is 13.0 Å². The molecule has 1 unspecified atom stereocenters. The molecule has 0 spiro atoms. The Morgan fingerprint density at radius 2 is 2.13 bits per heavy atom. The second-order valence-electron chi connectivity index (χ2n) is 6.26. The highest BCUT2D eigenvalue weighted by atomic mass is 16.5. The largest absolute Gasteiger partial charge is 0.481 e. The van der Waals surface area contributed by atoms with Crippen molar-refractivity contribution >= 4 is 16.9 Å². The van der Waals surface area contributed by atoms with Gasteiger partial charge in [-0.25, -0.2) is 0 Å². The first-order valence-electron chi connectivity index (χ1n) is 8.57. The number of ether oxygens (including phenoxy) is 1. The van der Waals surface area contributed by atoms with E-state index in [4.69, 9.17) is 4.74 Å². The van der Waals surface area contributed by atoms with Crippen LogP contribution in [0, 0.1) is 0 Å². The van der Waals surface area contributed by atoms with Crippen molar-refractivity contribution in [3.8, 4) is 0 Å². The molecule has 2 heterocycles. The lowest BCUT2D eigenvalue weighted by atomic mass is 9.86. The zero-order valence-electron chi connectivity index (χ0n) is 14.2. The van der Waals surface area contributed by atoms with Gasteiger partial charge in [0.25, 0.3) is 0 Å². The number of rotatable bonds is 5. The molecular weight excluding hydrogens is 290 g/mol. The molecule has 3 rings (SSSR count). The first-order valence-corrected chi connectivity index (χ1v) is 8.57. The summed E-state index contributed by atoms with van der Waals surface area (Å²) in [6, 6.07) is 6.46. The van der Waals surface area contributed by atoms with Crippen LogP contribution in [0.15, 0.2) is 18.2 Å². The van der Waals surface area contributed by atoms with E-state index in [1.807, 2.05) is 6.92 Å². The Kier molecular flexibility index (Phi) is 4.19. The van der Waals surface area contributed by atoms with Gasteiger partial charge in [-0.15, -0.1) is 0 Å². The molecular formula is C19H25NO3. The third-order valence-electron chi connectivity index (χ3n) is 5.14. The van der Waals surface area contributed by atoms with Gasteiger partial charge in [0.15, 0.2) is 0 Å². The summed E-state index contributed by atoms with van der Waals surface area (Å²) in [5.74, 6) is -0.802. The van der Waals surface area contributed by atoms with Gasteiger partial charge in [-0.2, -0.15) is 0 Å². The number of hydrogen-bond donors (Lipinski definition) is 1. The Labute approximate surface area is 137 Å². The maximum atomic E-state index is 11.5. The lowest BCUT2D eigenvalue weighted by Gasteiger charge is -2.37. The first kappa shape index (κ1) is 16.1. The molecule has 0 saturated heterocycles. The van der Waals surface area contributed by atoms with E-state index < -0.39 is 11.6 Å². The minimum Gasteiger partial charge on any atom is -0.481 e. The molecule has 1 aromatic carbocycles. The van der Waals surface area contributed by atoms with Crippen LogP contribution in [-0.4, -0.2) is 22.2 Å². The van der Waals surface area contributed by atoms with Crippen molar-refractivity contribution in [3.05, 3.63) is 35.0 Å². The Hall–Kier alpha value is -1.81. The smallest absolute Gasteiger partial charge is 0.306 e. The number of aryl methyl sites for hydroxylation is 2. The van der Waals surface area contributed by atoms with E-state index in [1.54, 1.807) is 0 Å². The minimum absolute atomic E-state index is 0.0221. The van der Waals surface area contributed by atoms with Crippen LogP contribution in [0.4, 0.5) is 0 Å². The van der Waals surface area contributed by atoms with Crippen LogP contribution >= 0.6 is 0 Å². The predicted octanol–water partition coefficient (Wildman–Crippen LogP) is 3.88. The van der Waals surface area contributed by atoms with E-state index in [2.05, 4.69) is 36.6 Å². The Morgan fingerprint density at radius 1 is 1.35 bits per heavy atom. The van der Waals surface area contributed by atoms with Crippen LogP contribution in [0.25, 0.3) is 10.9 Å². The molecule has 1 aliphatic rings. The summed E-state index contributed by atoms with van der Waals surface area (Å²) in [5, 5.41) is 10.7. The number of nitrogens with zero attached hydrogens (tertiary/aromatic N) is 1. The van der Waals surface area contributed by atoms with Crippen molar-refractivity contribution in [3.63, 3.8) is 0 Å². The monoisotopic (exact) mass is 315 g/mol. The third-order valence-corrected chi connectivity index (χ3v) is 5.14. The predicted molar refractivity (Wildman–Crippen MR) is 90.9 cm³/mol. The molecule has 0 aliphatic carbocycles. The summed E-state index contributed by atoms with van der Waals surface area (Å²) < 4.78 is 8.40. The van der Waals surface area contributed by atoms with Gasteiger partial charge in [-0.05, 0) is 37.3 Å². The molecule has 4 heteroatoms. The van der Waals surface area contributed by atoms with Gasteiger partial charge in [0.2, 0.25) is 0 Å². The summed E-state index contributed by atoms with van der Waals surface area (Å²) in [4.78, 5) is 11.5. The van der Waals surface area contributed by atoms with Crippen LogP contribution in [0.3, 0.4) is 0 Å². The number of carboxylic acid groups (broad SMARTS) is 1. The molecule has 0 radical (unpaired) electrons. The number of benzene rings is 1. The fourth-order valence-corrected chi connectivity index (χ4v) is 4.12. The first-order chi connectivity index (χ1) is 11.1. The summed E-state index contributed by atoms with van der Waals surface area (Å²) >= 11 is 0. The highest BCUT2D eigenvalue weighted by Gasteiger charge is 2.42. The lowest BCUT2D eigenvalue weighted by Crippen LogP contribution is -2.39. The summed E-state index contributed by atoms with van der Waals surface area (Å²) in [7, 11) is 0. The highest BCUT2D eigenvalue weighted by molar-refractivity contribution is 5.89. The van der Waals surface area contributed by atoms with Gasteiger partial charge < -0.3 is 14.4 Å². The minimum atomic E-state index is -0.802. The zero-order chi connectivity index (χ0) is 16.6. The van der Waals surface area contributed by atoms with Crippen molar-refractivity contribution in [1.29, 1.82) is 0 Å². The van der Waals surface area contributed by atoms with Crippen molar-refractivity contribution in [2.75, 3.05) is 6.61 Å². The highest BCUT2D eigenvalue weighted by Crippen LogP contribution is 2.44. The molecule has 2 aromatic rings. The lowest BCUT2D eigenvalue weighted by molar-refractivity contribution is -0.149. The van der Waals surface area contributed by atoms with E-state index in [1.165, 1.54) is 22.0 Å². The average Bonchev–Trinajstić information content (AvgIpc) is 2.89. The standard InChI is InChI=1S/C19H25NO3/c1-4-13-8-7-9-14-15-10-11-23-19(5-2,12-16(21)22)18(15)20(6-3)17(13)14/h7-9H,4-6,10-12H2,1-3H3,(H,21,22). The molecule has 0 saturated carbocycles. The Bertz CT molecular complexity index is 747. The van der Waals surface area contributed by atoms with Crippen LogP contribution in [0.5, 0.6) is 0 Å². The quantitative estimate of drug-likeness (QED) is 0.911. The molecule has 1 aliphatic heterocycles. The number of aromatic nitrogens is 1. The second-order valence-corrected chi connectivity index (χ2v) is 6.26. The number of aliphatic carboxylic acids is 1. The van der Waals surface area contributed by atoms with Crippen LogP contribution in [-0.2, 0) is 34.5 Å². The fourth-order valence-electron chi connectivity index (χ4n) is 4.12. The number of carboxylic acids is 1. The maximum Gasteiger partial charge on any atom is 0.306 e. The van der Waals surface area contributed by atoms with Crippen LogP contribution in [0.1, 0.15) is 50.4 Å². The zero-order valence-corrected chi connectivity index (χ0v) is 14.2. The van der Waals surface area contributed by atoms with Gasteiger partial charge in [0, 0.05) is 11.9 Å². The molecule has 4 nitrogen and oxygen atoms in total. The molecule has 1 aromatic heterocycles. The Morgan fingerprint density at radius 3 is 2.74 bits per heavy atom. The van der Waals surface area contributed by atoms with Crippen LogP contribution in [0.2, 0.25) is 0 Å². The maximum absolute atomic E-state index is 11.5. The number of fused-ring (bicyclic) bond motifs is 3. The molecule has 0 fully saturated rings. The van der Waals surface area contributed by atoms with E-state index in [9.17, 15) is 9.90 Å². The van der Waals surface area contributed by atoms with Gasteiger partial charge in [-0.3, -0.25) is 4.79 Å². The number of hydrogen-bond acceptors (Lipinski definition) is 2. The number of para-hydroxylation sites is 1. The summed E-state index contributed by atoms with van der Waals surface area (Å²) in [5.41, 5.74) is 4.24. The van der Waals surface area contributed by atoms with Crippen molar-refractivity contribution in [2.45, 2.75) is 58.6 Å². The summed E-state index contributed by atoms with van der Waals surface area (Å²) in [6.45, 7) is 7.74. The molecule has 124 valence electrons. The van der Waals surface area contributed by atoms with Gasteiger partial charge in [0.1, 0.15) is 5.60 Å². The van der Waals surface area contributed by atoms with Crippen LogP contribution < -0.4 is 0 Å². The van der Waals surface area contributed by atoms with E-state index in [0.717, 1.165) is 25.1 Å². The van der Waals surface area contributed by atoms with E-state index in [-0.39, 0.29) is 6.42 Å². The molecule has 1 atom stereocenters. The molecule has 1 N–H and O–H groups in total. The van der Waals surface area contributed by atoms with Crippen molar-refractivity contribution < 1.29 is 14.6 Å². The normalized spacial score (nSPS) is 20.7. The van der Waals surface area contributed by atoms with Gasteiger partial charge in [0.05, 0.1) is 24.2 Å². The fraction of sp³-hybridized carbons (Fsp3) is 0.526.